The van der Waals surface area contributed by atoms with Crippen molar-refractivity contribution in [1.82, 2.24) is 5.32 Å². The second kappa shape index (κ2) is 5.21. The van der Waals surface area contributed by atoms with Crippen LogP contribution < -0.4 is 5.32 Å². The van der Waals surface area contributed by atoms with Gasteiger partial charge in [0.05, 0.1) is 6.54 Å². The van der Waals surface area contributed by atoms with E-state index in [-0.39, 0.29) is 0 Å². The van der Waals surface area contributed by atoms with Gasteiger partial charge in [0, 0.05) is 11.3 Å². The van der Waals surface area contributed by atoms with Crippen LogP contribution in [0.1, 0.15) is 53.4 Å². The topological polar surface area (TPSA) is 24.4 Å². The van der Waals surface area contributed by atoms with Crippen LogP contribution in [0.15, 0.2) is 4.99 Å². The van der Waals surface area contributed by atoms with E-state index in [1.54, 1.807) is 0 Å². The average Bonchev–Trinajstić information content (AvgIpc) is 2.70. The molecule has 1 heterocycles. The van der Waals surface area contributed by atoms with Gasteiger partial charge in [-0.3, -0.25) is 4.99 Å². The molecular formula is C14H26N2S. The molecule has 2 nitrogen and oxygen atoms in total. The van der Waals surface area contributed by atoms with E-state index in [1.165, 1.54) is 30.9 Å². The van der Waals surface area contributed by atoms with E-state index in [2.05, 4.69) is 38.0 Å². The Balaban J connectivity index is 1.89. The molecule has 1 N–H and O–H groups in total. The van der Waals surface area contributed by atoms with Gasteiger partial charge in [-0.25, -0.2) is 0 Å². The van der Waals surface area contributed by atoms with Crippen LogP contribution in [0, 0.1) is 11.3 Å². The minimum atomic E-state index is 0.428. The molecule has 0 aromatic heterocycles. The summed E-state index contributed by atoms with van der Waals surface area (Å²) in [6.07, 6.45) is 5.40. The normalized spacial score (nSPS) is 32.6. The number of nitrogens with one attached hydrogen (secondary N) is 1. The first-order valence-electron chi connectivity index (χ1n) is 6.97. The van der Waals surface area contributed by atoms with Crippen molar-refractivity contribution in [2.45, 2.75) is 64.7 Å². The lowest BCUT2D eigenvalue weighted by Crippen LogP contribution is -2.45. The van der Waals surface area contributed by atoms with Crippen molar-refractivity contribution in [2.75, 3.05) is 6.54 Å². The van der Waals surface area contributed by atoms with Crippen molar-refractivity contribution in [3.63, 3.8) is 0 Å². The monoisotopic (exact) mass is 254 g/mol. The molecule has 0 amide bonds. The zero-order chi connectivity index (χ0) is 12.5. The average molecular weight is 254 g/mol. The molecular weight excluding hydrogens is 228 g/mol. The van der Waals surface area contributed by atoms with Gasteiger partial charge >= 0.3 is 0 Å². The fraction of sp³-hybridized carbons (Fsp3) is 0.929. The maximum atomic E-state index is 4.67. The van der Waals surface area contributed by atoms with Gasteiger partial charge in [0.1, 0.15) is 0 Å². The van der Waals surface area contributed by atoms with Crippen LogP contribution in [-0.4, -0.2) is 23.0 Å². The Morgan fingerprint density at radius 1 is 1.35 bits per heavy atom. The van der Waals surface area contributed by atoms with E-state index in [0.717, 1.165) is 12.5 Å². The van der Waals surface area contributed by atoms with Gasteiger partial charge in [-0.1, -0.05) is 52.3 Å². The molecule has 2 unspecified atom stereocenters. The van der Waals surface area contributed by atoms with Crippen molar-refractivity contribution < 1.29 is 0 Å². The second-order valence-corrected chi connectivity index (χ2v) is 7.71. The molecule has 3 heteroatoms. The summed E-state index contributed by atoms with van der Waals surface area (Å²) in [7, 11) is 0. The third kappa shape index (κ3) is 3.18. The number of aliphatic imine (C=N–C) groups is 1. The zero-order valence-electron chi connectivity index (χ0n) is 11.6. The Bertz CT molecular complexity index is 297. The summed E-state index contributed by atoms with van der Waals surface area (Å²) in [6, 6.07) is 0.619. The molecule has 0 aromatic carbocycles. The number of thioether (sulfide) groups is 1. The summed E-state index contributed by atoms with van der Waals surface area (Å²) in [5, 5.41) is 5.59. The number of amidine groups is 1. The van der Waals surface area contributed by atoms with Crippen LogP contribution in [0.2, 0.25) is 0 Å². The predicted molar refractivity (Wildman–Crippen MR) is 77.7 cm³/mol. The summed E-state index contributed by atoms with van der Waals surface area (Å²) >= 11 is 1.95. The highest BCUT2D eigenvalue weighted by Crippen LogP contribution is 2.36. The standard InChI is InChI=1S/C14H26N2S/c1-10(2)11-9-15-13(17-11)16-12-7-5-6-8-14(12,3)4/h10-12H,5-9H2,1-4H3,(H,15,16). The van der Waals surface area contributed by atoms with E-state index in [4.69, 9.17) is 0 Å². The van der Waals surface area contributed by atoms with Crippen molar-refractivity contribution in [3.8, 4) is 0 Å². The zero-order valence-corrected chi connectivity index (χ0v) is 12.4. The molecule has 2 rings (SSSR count). The third-order valence-corrected chi connectivity index (χ3v) is 5.69. The molecule has 1 saturated carbocycles. The molecule has 0 aromatic rings. The van der Waals surface area contributed by atoms with E-state index in [9.17, 15) is 0 Å². The second-order valence-electron chi connectivity index (χ2n) is 6.48. The van der Waals surface area contributed by atoms with Crippen LogP contribution in [0.3, 0.4) is 0 Å². The van der Waals surface area contributed by atoms with Gasteiger partial charge in [0.2, 0.25) is 0 Å². The first-order valence-corrected chi connectivity index (χ1v) is 7.84. The minimum Gasteiger partial charge on any atom is -0.362 e. The molecule has 98 valence electrons. The van der Waals surface area contributed by atoms with E-state index >= 15 is 0 Å². The minimum absolute atomic E-state index is 0.428. The molecule has 1 aliphatic heterocycles. The third-order valence-electron chi connectivity index (χ3n) is 4.23. The molecule has 1 fully saturated rings. The van der Waals surface area contributed by atoms with E-state index in [0.29, 0.717) is 16.7 Å². The van der Waals surface area contributed by atoms with Crippen LogP contribution >= 0.6 is 11.8 Å². The Morgan fingerprint density at radius 2 is 2.12 bits per heavy atom. The van der Waals surface area contributed by atoms with Crippen molar-refractivity contribution >= 4 is 16.9 Å². The number of nitrogens with zero attached hydrogens (tertiary/aromatic N) is 1. The Hall–Kier alpha value is -0.180. The maximum Gasteiger partial charge on any atom is 0.157 e. The summed E-state index contributed by atoms with van der Waals surface area (Å²) in [6.45, 7) is 10.4. The maximum absolute atomic E-state index is 4.67. The summed E-state index contributed by atoms with van der Waals surface area (Å²) in [5.74, 6) is 0.724. The fourth-order valence-corrected chi connectivity index (χ4v) is 3.80. The first kappa shape index (κ1) is 13.3. The van der Waals surface area contributed by atoms with E-state index < -0.39 is 0 Å². The van der Waals surface area contributed by atoms with E-state index in [1.807, 2.05) is 11.8 Å². The number of rotatable bonds is 2. The van der Waals surface area contributed by atoms with Gasteiger partial charge in [0.15, 0.2) is 5.17 Å². The van der Waals surface area contributed by atoms with Crippen molar-refractivity contribution in [2.24, 2.45) is 16.3 Å². The van der Waals surface area contributed by atoms with Gasteiger partial charge < -0.3 is 5.32 Å². The Labute approximate surface area is 110 Å². The predicted octanol–water partition coefficient (Wildman–Crippen LogP) is 3.67. The Kier molecular flexibility index (Phi) is 4.06. The first-order chi connectivity index (χ1) is 7.99. The smallest absolute Gasteiger partial charge is 0.157 e. The summed E-state index contributed by atoms with van der Waals surface area (Å²) in [4.78, 5) is 4.67. The van der Waals surface area contributed by atoms with Crippen molar-refractivity contribution in [1.29, 1.82) is 0 Å². The summed E-state index contributed by atoms with van der Waals surface area (Å²) in [5.41, 5.74) is 0.428. The summed E-state index contributed by atoms with van der Waals surface area (Å²) < 4.78 is 0. The quantitative estimate of drug-likeness (QED) is 0.813. The molecule has 0 radical (unpaired) electrons. The molecule has 0 saturated heterocycles. The molecule has 2 aliphatic rings. The lowest BCUT2D eigenvalue weighted by Gasteiger charge is -2.39. The lowest BCUT2D eigenvalue weighted by molar-refractivity contribution is 0.186. The SMILES string of the molecule is CC(C)C1CN=C(NC2CCCCC2(C)C)S1. The van der Waals surface area contributed by atoms with Crippen molar-refractivity contribution in [3.05, 3.63) is 0 Å². The molecule has 0 bridgehead atoms. The fourth-order valence-electron chi connectivity index (χ4n) is 2.73. The molecule has 17 heavy (non-hydrogen) atoms. The number of hydrogen-bond donors (Lipinski definition) is 1. The van der Waals surface area contributed by atoms with Crippen LogP contribution in [0.5, 0.6) is 0 Å². The van der Waals surface area contributed by atoms with Gasteiger partial charge in [-0.2, -0.15) is 0 Å². The highest BCUT2D eigenvalue weighted by atomic mass is 32.2. The molecule has 0 spiro atoms. The van der Waals surface area contributed by atoms with Gasteiger partial charge in [-0.15, -0.1) is 0 Å². The highest BCUT2D eigenvalue weighted by molar-refractivity contribution is 8.14. The van der Waals surface area contributed by atoms with Gasteiger partial charge in [-0.05, 0) is 24.2 Å². The van der Waals surface area contributed by atoms with Crippen LogP contribution in [0.25, 0.3) is 0 Å². The molecule has 1 aliphatic carbocycles. The Morgan fingerprint density at radius 3 is 2.71 bits per heavy atom. The van der Waals surface area contributed by atoms with Crippen LogP contribution in [0.4, 0.5) is 0 Å². The van der Waals surface area contributed by atoms with Gasteiger partial charge in [0.25, 0.3) is 0 Å². The van der Waals surface area contributed by atoms with Crippen LogP contribution in [-0.2, 0) is 0 Å². The molecule has 2 atom stereocenters. The highest BCUT2D eigenvalue weighted by Gasteiger charge is 2.34. The lowest BCUT2D eigenvalue weighted by atomic mass is 9.73. The largest absolute Gasteiger partial charge is 0.362 e. The number of hydrogen-bond acceptors (Lipinski definition) is 3.